The van der Waals surface area contributed by atoms with Crippen LogP contribution in [0.3, 0.4) is 0 Å². The van der Waals surface area contributed by atoms with Gasteiger partial charge >= 0.3 is 0 Å². The average molecular weight is 388 g/mol. The molecule has 1 saturated heterocycles. The van der Waals surface area contributed by atoms with Gasteiger partial charge in [-0.1, -0.05) is 13.0 Å². The van der Waals surface area contributed by atoms with Gasteiger partial charge in [-0.15, -0.1) is 0 Å². The number of hydrogen-bond donors (Lipinski definition) is 2. The summed E-state index contributed by atoms with van der Waals surface area (Å²) in [4.78, 5) is 20.8. The molecule has 1 aliphatic heterocycles. The Morgan fingerprint density at radius 1 is 1.25 bits per heavy atom. The quantitative estimate of drug-likeness (QED) is 0.713. The molecule has 28 heavy (non-hydrogen) atoms. The Morgan fingerprint density at radius 2 is 1.96 bits per heavy atom. The van der Waals surface area contributed by atoms with E-state index in [4.69, 9.17) is 9.15 Å². The second-order valence-corrected chi connectivity index (χ2v) is 6.94. The van der Waals surface area contributed by atoms with Crippen LogP contribution in [0.5, 0.6) is 11.5 Å². The molecule has 0 spiro atoms. The number of oxazole rings is 1. The summed E-state index contributed by atoms with van der Waals surface area (Å²) in [5.41, 5.74) is 1.39. The van der Waals surface area contributed by atoms with Crippen molar-refractivity contribution in [2.45, 2.75) is 26.4 Å². The molecule has 2 aromatic rings. The average Bonchev–Trinajstić information content (AvgIpc) is 3.16. The van der Waals surface area contributed by atoms with E-state index in [1.807, 2.05) is 13.0 Å². The molecule has 1 amide bonds. The summed E-state index contributed by atoms with van der Waals surface area (Å²) in [6.07, 6.45) is 2.31. The summed E-state index contributed by atoms with van der Waals surface area (Å²) < 4.78 is 10.5. The van der Waals surface area contributed by atoms with E-state index in [1.54, 1.807) is 19.2 Å². The zero-order valence-electron chi connectivity index (χ0n) is 16.5. The molecule has 0 radical (unpaired) electrons. The van der Waals surface area contributed by atoms with Gasteiger partial charge in [-0.25, -0.2) is 4.98 Å². The second kappa shape index (κ2) is 9.57. The lowest BCUT2D eigenvalue weighted by Crippen LogP contribution is -2.45. The van der Waals surface area contributed by atoms with Crippen molar-refractivity contribution in [3.8, 4) is 11.5 Å². The number of phenols is 1. The molecule has 152 valence electrons. The lowest BCUT2D eigenvalue weighted by molar-refractivity contribution is 0.0948. The molecule has 3 rings (SSSR count). The summed E-state index contributed by atoms with van der Waals surface area (Å²) in [5, 5.41) is 12.7. The van der Waals surface area contributed by atoms with E-state index in [-0.39, 0.29) is 11.7 Å². The normalized spacial score (nSPS) is 15.5. The molecular weight excluding hydrogens is 360 g/mol. The fraction of sp³-hybridized carbons (Fsp3) is 0.500. The molecule has 0 aliphatic carbocycles. The zero-order chi connectivity index (χ0) is 19.9. The van der Waals surface area contributed by atoms with E-state index in [9.17, 15) is 9.90 Å². The smallest absolute Gasteiger partial charge is 0.273 e. The van der Waals surface area contributed by atoms with Crippen molar-refractivity contribution in [3.63, 3.8) is 0 Å². The van der Waals surface area contributed by atoms with Crippen molar-refractivity contribution in [1.82, 2.24) is 20.1 Å². The van der Waals surface area contributed by atoms with E-state index in [0.717, 1.165) is 44.7 Å². The highest BCUT2D eigenvalue weighted by Crippen LogP contribution is 2.27. The van der Waals surface area contributed by atoms with Crippen molar-refractivity contribution in [2.24, 2.45) is 0 Å². The molecule has 8 nitrogen and oxygen atoms in total. The fourth-order valence-electron chi connectivity index (χ4n) is 3.21. The number of carbonyl (C=O) groups is 1. The molecule has 1 aromatic heterocycles. The van der Waals surface area contributed by atoms with Gasteiger partial charge in [-0.05, 0) is 24.1 Å². The van der Waals surface area contributed by atoms with Crippen molar-refractivity contribution in [2.75, 3.05) is 39.8 Å². The third kappa shape index (κ3) is 5.24. The van der Waals surface area contributed by atoms with Crippen LogP contribution in [0.25, 0.3) is 0 Å². The number of benzene rings is 1. The summed E-state index contributed by atoms with van der Waals surface area (Å²) >= 11 is 0. The molecule has 8 heteroatoms. The summed E-state index contributed by atoms with van der Waals surface area (Å²) in [6, 6.07) is 5.52. The molecule has 2 N–H and O–H groups in total. The number of nitrogens with one attached hydrogen (secondary N) is 1. The van der Waals surface area contributed by atoms with Crippen molar-refractivity contribution in [3.05, 3.63) is 41.6 Å². The van der Waals surface area contributed by atoms with Crippen LogP contribution in [-0.4, -0.2) is 65.6 Å². The van der Waals surface area contributed by atoms with Gasteiger partial charge in [0.25, 0.3) is 5.91 Å². The van der Waals surface area contributed by atoms with Crippen LogP contribution < -0.4 is 10.1 Å². The van der Waals surface area contributed by atoms with Crippen LogP contribution in [0.15, 0.2) is 28.9 Å². The number of amides is 1. The third-order valence-corrected chi connectivity index (χ3v) is 4.79. The van der Waals surface area contributed by atoms with E-state index in [0.29, 0.717) is 30.4 Å². The number of aromatic nitrogens is 1. The van der Waals surface area contributed by atoms with E-state index >= 15 is 0 Å². The number of phenolic OH excluding ortho intramolecular Hbond substituents is 1. The minimum absolute atomic E-state index is 0.168. The molecule has 0 saturated carbocycles. The molecule has 1 aromatic carbocycles. The Kier molecular flexibility index (Phi) is 6.89. The van der Waals surface area contributed by atoms with Gasteiger partial charge in [0.1, 0.15) is 6.26 Å². The molecule has 1 fully saturated rings. The number of aromatic hydroxyl groups is 1. The number of piperazine rings is 1. The standard InChI is InChI=1S/C20H28N4O4/c1-3-6-21-20(26)16-14-28-19(22-16)13-24-9-7-23(8-10-24)12-15-4-5-18(27-2)17(25)11-15/h4-5,11,14,25H,3,6-10,12-13H2,1-2H3,(H,21,26). The molecule has 0 unspecified atom stereocenters. The van der Waals surface area contributed by atoms with Crippen LogP contribution in [0.1, 0.15) is 35.3 Å². The minimum Gasteiger partial charge on any atom is -0.504 e. The maximum Gasteiger partial charge on any atom is 0.273 e. The maximum atomic E-state index is 11.9. The fourth-order valence-corrected chi connectivity index (χ4v) is 3.21. The summed E-state index contributed by atoms with van der Waals surface area (Å²) in [6.45, 7) is 7.63. The van der Waals surface area contributed by atoms with Gasteiger partial charge in [0.2, 0.25) is 5.89 Å². The van der Waals surface area contributed by atoms with Gasteiger partial charge in [-0.2, -0.15) is 0 Å². The second-order valence-electron chi connectivity index (χ2n) is 6.94. The molecule has 0 atom stereocenters. The Hall–Kier alpha value is -2.58. The first-order valence-corrected chi connectivity index (χ1v) is 9.62. The highest BCUT2D eigenvalue weighted by atomic mass is 16.5. The van der Waals surface area contributed by atoms with Crippen molar-refractivity contribution < 1.29 is 19.1 Å². The Balaban J connectivity index is 1.46. The molecule has 2 heterocycles. The lowest BCUT2D eigenvalue weighted by atomic mass is 10.1. The Labute approximate surface area is 165 Å². The van der Waals surface area contributed by atoms with E-state index in [1.165, 1.54) is 6.26 Å². The SMILES string of the molecule is CCCNC(=O)c1coc(CN2CCN(Cc3ccc(OC)c(O)c3)CC2)n1. The van der Waals surface area contributed by atoms with Crippen LogP contribution >= 0.6 is 0 Å². The zero-order valence-corrected chi connectivity index (χ0v) is 16.5. The molecule has 0 bridgehead atoms. The van der Waals surface area contributed by atoms with Crippen molar-refractivity contribution >= 4 is 5.91 Å². The number of nitrogens with zero attached hydrogens (tertiary/aromatic N) is 3. The van der Waals surface area contributed by atoms with Gasteiger partial charge in [0, 0.05) is 39.3 Å². The van der Waals surface area contributed by atoms with Gasteiger partial charge in [-0.3, -0.25) is 14.6 Å². The first-order valence-electron chi connectivity index (χ1n) is 9.62. The first-order chi connectivity index (χ1) is 13.6. The number of ether oxygens (including phenoxy) is 1. The molecular formula is C20H28N4O4. The van der Waals surface area contributed by atoms with Crippen molar-refractivity contribution in [1.29, 1.82) is 0 Å². The summed E-state index contributed by atoms with van der Waals surface area (Å²) in [7, 11) is 1.54. The highest BCUT2D eigenvalue weighted by Gasteiger charge is 2.20. The molecule has 1 aliphatic rings. The monoisotopic (exact) mass is 388 g/mol. The van der Waals surface area contributed by atoms with Crippen LogP contribution in [-0.2, 0) is 13.1 Å². The number of carbonyl (C=O) groups excluding carboxylic acids is 1. The number of rotatable bonds is 8. The topological polar surface area (TPSA) is 91.1 Å². The number of hydrogen-bond acceptors (Lipinski definition) is 7. The van der Waals surface area contributed by atoms with Gasteiger partial charge < -0.3 is 19.6 Å². The van der Waals surface area contributed by atoms with Gasteiger partial charge in [0.15, 0.2) is 17.2 Å². The van der Waals surface area contributed by atoms with Gasteiger partial charge in [0.05, 0.1) is 13.7 Å². The van der Waals surface area contributed by atoms with Crippen LogP contribution in [0.2, 0.25) is 0 Å². The maximum absolute atomic E-state index is 11.9. The van der Waals surface area contributed by atoms with Crippen LogP contribution in [0.4, 0.5) is 0 Å². The largest absolute Gasteiger partial charge is 0.504 e. The minimum atomic E-state index is -0.190. The third-order valence-electron chi connectivity index (χ3n) is 4.79. The first kappa shape index (κ1) is 20.2. The predicted molar refractivity (Wildman–Crippen MR) is 104 cm³/mol. The summed E-state index contributed by atoms with van der Waals surface area (Å²) in [5.74, 6) is 1.03. The predicted octanol–water partition coefficient (Wildman–Crippen LogP) is 1.85. The van der Waals surface area contributed by atoms with Crippen LogP contribution in [0, 0.1) is 0 Å². The Bertz CT molecular complexity index is 784. The Morgan fingerprint density at radius 3 is 2.61 bits per heavy atom. The van der Waals surface area contributed by atoms with E-state index < -0.39 is 0 Å². The van der Waals surface area contributed by atoms with E-state index in [2.05, 4.69) is 20.1 Å². The number of methoxy groups -OCH3 is 1. The lowest BCUT2D eigenvalue weighted by Gasteiger charge is -2.34. The highest BCUT2D eigenvalue weighted by molar-refractivity contribution is 5.91.